The average molecular weight is 421 g/mol. The van der Waals surface area contributed by atoms with Gasteiger partial charge < -0.3 is 10.2 Å². The summed E-state index contributed by atoms with van der Waals surface area (Å²) in [7, 11) is 0. The summed E-state index contributed by atoms with van der Waals surface area (Å²) in [6, 6.07) is 17.9. The van der Waals surface area contributed by atoms with Gasteiger partial charge in [-0.1, -0.05) is 66.8 Å². The Morgan fingerprint density at radius 1 is 1.13 bits per heavy atom. The van der Waals surface area contributed by atoms with Crippen molar-refractivity contribution in [1.29, 1.82) is 0 Å². The van der Waals surface area contributed by atoms with Gasteiger partial charge >= 0.3 is 0 Å². The van der Waals surface area contributed by atoms with Crippen LogP contribution in [0.15, 0.2) is 54.6 Å². The highest BCUT2D eigenvalue weighted by Crippen LogP contribution is 2.35. The zero-order valence-corrected chi connectivity index (χ0v) is 17.7. The van der Waals surface area contributed by atoms with Gasteiger partial charge in [-0.2, -0.15) is 0 Å². The Bertz CT molecular complexity index is 1030. The Morgan fingerprint density at radius 3 is 2.70 bits per heavy atom. The van der Waals surface area contributed by atoms with E-state index in [0.29, 0.717) is 30.9 Å². The first-order chi connectivity index (χ1) is 14.6. The van der Waals surface area contributed by atoms with E-state index in [2.05, 4.69) is 28.5 Å². The Kier molecular flexibility index (Phi) is 6.18. The molecule has 2 aromatic carbocycles. The lowest BCUT2D eigenvalue weighted by Crippen LogP contribution is -2.25. The molecule has 3 aromatic rings. The smallest absolute Gasteiger partial charge is 0.227 e. The van der Waals surface area contributed by atoms with E-state index in [4.69, 9.17) is 0 Å². The SMILES string of the molecule is CCc1ccccc1N1C[C@@H](c2nnc(NC(=O)CCc3ccccc3)s2)CC1=O. The van der Waals surface area contributed by atoms with E-state index in [1.165, 1.54) is 11.3 Å². The fourth-order valence-electron chi connectivity index (χ4n) is 3.71. The van der Waals surface area contributed by atoms with Crippen LogP contribution >= 0.6 is 11.3 Å². The summed E-state index contributed by atoms with van der Waals surface area (Å²) in [5.41, 5.74) is 3.27. The number of hydrogen-bond donors (Lipinski definition) is 1. The van der Waals surface area contributed by atoms with Crippen LogP contribution in [0.3, 0.4) is 0 Å². The van der Waals surface area contributed by atoms with Crippen LogP contribution in [0.2, 0.25) is 0 Å². The molecule has 2 heterocycles. The van der Waals surface area contributed by atoms with Gasteiger partial charge in [-0.15, -0.1) is 10.2 Å². The second-order valence-electron chi connectivity index (χ2n) is 7.37. The lowest BCUT2D eigenvalue weighted by Gasteiger charge is -2.19. The predicted molar refractivity (Wildman–Crippen MR) is 119 cm³/mol. The van der Waals surface area contributed by atoms with Crippen LogP contribution < -0.4 is 10.2 Å². The van der Waals surface area contributed by atoms with Crippen LogP contribution in [-0.4, -0.2) is 28.6 Å². The van der Waals surface area contributed by atoms with Crippen LogP contribution in [0.25, 0.3) is 0 Å². The molecule has 0 saturated carbocycles. The lowest BCUT2D eigenvalue weighted by atomic mass is 10.1. The fraction of sp³-hybridized carbons (Fsp3) is 0.304. The molecular weight excluding hydrogens is 396 g/mol. The minimum Gasteiger partial charge on any atom is -0.311 e. The first-order valence-corrected chi connectivity index (χ1v) is 11.0. The second-order valence-corrected chi connectivity index (χ2v) is 8.38. The molecule has 6 nitrogen and oxygen atoms in total. The summed E-state index contributed by atoms with van der Waals surface area (Å²) in [4.78, 5) is 26.7. The number of aromatic nitrogens is 2. The van der Waals surface area contributed by atoms with E-state index in [1.807, 2.05) is 53.4 Å². The molecule has 0 radical (unpaired) electrons. The van der Waals surface area contributed by atoms with E-state index in [1.54, 1.807) is 0 Å². The molecule has 2 amide bonds. The Balaban J connectivity index is 1.37. The number of hydrogen-bond acceptors (Lipinski definition) is 5. The van der Waals surface area contributed by atoms with Crippen molar-refractivity contribution in [2.24, 2.45) is 0 Å². The monoisotopic (exact) mass is 420 g/mol. The minimum absolute atomic E-state index is 0.00474. The third-order valence-corrected chi connectivity index (χ3v) is 6.31. The number of para-hydroxylation sites is 1. The van der Waals surface area contributed by atoms with E-state index in [0.717, 1.165) is 28.2 Å². The average Bonchev–Trinajstić information content (AvgIpc) is 3.39. The normalized spacial score (nSPS) is 16.1. The first kappa shape index (κ1) is 20.2. The van der Waals surface area contributed by atoms with Gasteiger partial charge in [0.05, 0.1) is 0 Å². The molecule has 154 valence electrons. The van der Waals surface area contributed by atoms with Crippen LogP contribution in [0.1, 0.15) is 41.8 Å². The number of carbonyl (C=O) groups is 2. The van der Waals surface area contributed by atoms with Crippen LogP contribution in [0.4, 0.5) is 10.8 Å². The van der Waals surface area contributed by atoms with Crippen molar-refractivity contribution in [2.45, 2.75) is 38.5 Å². The first-order valence-electron chi connectivity index (χ1n) is 10.2. The third kappa shape index (κ3) is 4.57. The number of nitrogens with one attached hydrogen (secondary N) is 1. The van der Waals surface area contributed by atoms with Crippen molar-refractivity contribution in [1.82, 2.24) is 10.2 Å². The summed E-state index contributed by atoms with van der Waals surface area (Å²) >= 11 is 1.36. The van der Waals surface area contributed by atoms with Crippen LogP contribution in [0.5, 0.6) is 0 Å². The highest BCUT2D eigenvalue weighted by atomic mass is 32.1. The maximum Gasteiger partial charge on any atom is 0.227 e. The molecule has 1 aliphatic rings. The van der Waals surface area contributed by atoms with Gasteiger partial charge in [0.15, 0.2) is 0 Å². The summed E-state index contributed by atoms with van der Waals surface area (Å²) in [6.45, 7) is 2.68. The molecule has 0 aliphatic carbocycles. The van der Waals surface area contributed by atoms with Gasteiger partial charge in [-0.05, 0) is 30.0 Å². The molecule has 30 heavy (non-hydrogen) atoms. The maximum absolute atomic E-state index is 12.6. The Labute approximate surface area is 180 Å². The summed E-state index contributed by atoms with van der Waals surface area (Å²) in [5, 5.41) is 12.5. The van der Waals surface area contributed by atoms with Crippen molar-refractivity contribution < 1.29 is 9.59 Å². The van der Waals surface area contributed by atoms with Crippen LogP contribution in [0, 0.1) is 0 Å². The van der Waals surface area contributed by atoms with Crippen molar-refractivity contribution in [3.63, 3.8) is 0 Å². The molecule has 0 bridgehead atoms. The number of benzene rings is 2. The predicted octanol–water partition coefficient (Wildman–Crippen LogP) is 4.19. The highest BCUT2D eigenvalue weighted by molar-refractivity contribution is 7.15. The van der Waals surface area contributed by atoms with Gasteiger partial charge in [-0.25, -0.2) is 0 Å². The largest absolute Gasteiger partial charge is 0.311 e. The van der Waals surface area contributed by atoms with Gasteiger partial charge in [-0.3, -0.25) is 9.59 Å². The topological polar surface area (TPSA) is 75.2 Å². The summed E-state index contributed by atoms with van der Waals surface area (Å²) < 4.78 is 0. The maximum atomic E-state index is 12.6. The van der Waals surface area contributed by atoms with Crippen molar-refractivity contribution >= 4 is 34.0 Å². The molecule has 1 fully saturated rings. The fourth-order valence-corrected chi connectivity index (χ4v) is 4.56. The van der Waals surface area contributed by atoms with Gasteiger partial charge in [0.2, 0.25) is 16.9 Å². The van der Waals surface area contributed by atoms with Crippen molar-refractivity contribution in [2.75, 3.05) is 16.8 Å². The molecule has 0 unspecified atom stereocenters. The lowest BCUT2D eigenvalue weighted by molar-refractivity contribution is -0.117. The van der Waals surface area contributed by atoms with E-state index >= 15 is 0 Å². The Morgan fingerprint density at radius 2 is 1.90 bits per heavy atom. The number of amides is 2. The molecule has 1 saturated heterocycles. The molecule has 7 heteroatoms. The third-order valence-electron chi connectivity index (χ3n) is 5.31. The molecule has 1 atom stereocenters. The molecule has 1 N–H and O–H groups in total. The molecular formula is C23H24N4O2S. The number of aryl methyl sites for hydroxylation is 2. The molecule has 1 aliphatic heterocycles. The molecule has 4 rings (SSSR count). The van der Waals surface area contributed by atoms with Crippen molar-refractivity contribution in [3.8, 4) is 0 Å². The molecule has 1 aromatic heterocycles. The zero-order chi connectivity index (χ0) is 20.9. The van der Waals surface area contributed by atoms with Crippen LogP contribution in [-0.2, 0) is 22.4 Å². The van der Waals surface area contributed by atoms with Gasteiger partial charge in [0, 0.05) is 31.0 Å². The number of anilines is 2. The zero-order valence-electron chi connectivity index (χ0n) is 16.9. The van der Waals surface area contributed by atoms with E-state index in [9.17, 15) is 9.59 Å². The summed E-state index contributed by atoms with van der Waals surface area (Å²) in [5.74, 6) is 0.0157. The highest BCUT2D eigenvalue weighted by Gasteiger charge is 2.34. The van der Waals surface area contributed by atoms with Gasteiger partial charge in [0.25, 0.3) is 0 Å². The van der Waals surface area contributed by atoms with E-state index in [-0.39, 0.29) is 17.7 Å². The number of carbonyl (C=O) groups excluding carboxylic acids is 2. The molecule has 0 spiro atoms. The quantitative estimate of drug-likeness (QED) is 0.622. The standard InChI is InChI=1S/C23H24N4O2S/c1-2-17-10-6-7-11-19(17)27-15-18(14-21(27)29)22-25-26-23(30-22)24-20(28)13-12-16-8-4-3-5-9-16/h3-11,18H,2,12-15H2,1H3,(H,24,26,28)/t18-/m0/s1. The summed E-state index contributed by atoms with van der Waals surface area (Å²) in [6.07, 6.45) is 2.36. The minimum atomic E-state index is -0.0810. The van der Waals surface area contributed by atoms with Gasteiger partial charge in [0.1, 0.15) is 5.01 Å². The van der Waals surface area contributed by atoms with Crippen molar-refractivity contribution in [3.05, 3.63) is 70.7 Å². The number of rotatable bonds is 7. The number of nitrogens with zero attached hydrogens (tertiary/aromatic N) is 3. The van der Waals surface area contributed by atoms with E-state index < -0.39 is 0 Å². The Hall–Kier alpha value is -3.06. The second kappa shape index (κ2) is 9.17.